The lowest BCUT2D eigenvalue weighted by Crippen LogP contribution is -1.90. The number of nitrogens with zero attached hydrogens (tertiary/aromatic N) is 1. The summed E-state index contributed by atoms with van der Waals surface area (Å²) >= 11 is 0. The topological polar surface area (TPSA) is 31.2 Å². The Morgan fingerprint density at radius 3 is 2.65 bits per heavy atom. The van der Waals surface area contributed by atoms with E-state index in [2.05, 4.69) is 22.9 Å². The quantitative estimate of drug-likeness (QED) is 0.677. The first kappa shape index (κ1) is 12.5. The van der Waals surface area contributed by atoms with Crippen LogP contribution in [-0.4, -0.2) is 18.0 Å². The van der Waals surface area contributed by atoms with Crippen molar-refractivity contribution in [2.24, 2.45) is 7.05 Å². The van der Waals surface area contributed by atoms with Gasteiger partial charge in [0, 0.05) is 40.8 Å². The van der Waals surface area contributed by atoms with Crippen molar-refractivity contribution in [2.75, 3.05) is 7.11 Å². The average Bonchev–Trinajstić information content (AvgIpc) is 2.84. The van der Waals surface area contributed by atoms with Crippen molar-refractivity contribution in [1.29, 1.82) is 0 Å². The highest BCUT2D eigenvalue weighted by Crippen LogP contribution is 2.36. The number of hydrogen-bond donors (Lipinski definition) is 0. The third-order valence-corrected chi connectivity index (χ3v) is 3.55. The summed E-state index contributed by atoms with van der Waals surface area (Å²) in [5.41, 5.74) is 3.81. The molecule has 0 atom stereocenters. The highest BCUT2D eigenvalue weighted by molar-refractivity contribution is 5.98. The van der Waals surface area contributed by atoms with Gasteiger partial charge in [-0.15, -0.1) is 0 Å². The zero-order chi connectivity index (χ0) is 14.1. The van der Waals surface area contributed by atoms with Crippen LogP contribution in [-0.2, 0) is 7.05 Å². The van der Waals surface area contributed by atoms with Gasteiger partial charge < -0.3 is 9.30 Å². The van der Waals surface area contributed by atoms with Gasteiger partial charge in [0.25, 0.3) is 0 Å². The van der Waals surface area contributed by atoms with Crippen molar-refractivity contribution in [3.8, 4) is 16.9 Å². The highest BCUT2D eigenvalue weighted by Gasteiger charge is 2.13. The Balaban J connectivity index is 2.32. The Hall–Kier alpha value is -2.55. The molecule has 3 heteroatoms. The fourth-order valence-corrected chi connectivity index (χ4v) is 2.57. The lowest BCUT2D eigenvalue weighted by atomic mass is 10.0. The van der Waals surface area contributed by atoms with Crippen molar-refractivity contribution < 1.29 is 9.53 Å². The number of aryl methyl sites for hydroxylation is 1. The number of carbonyl (C=O) groups excluding carboxylic acids is 1. The van der Waals surface area contributed by atoms with Crippen LogP contribution in [0.2, 0.25) is 0 Å². The van der Waals surface area contributed by atoms with Crippen LogP contribution in [0.5, 0.6) is 5.75 Å². The summed E-state index contributed by atoms with van der Waals surface area (Å²) in [5.74, 6) is 0.770. The first-order valence-electron chi connectivity index (χ1n) is 6.42. The summed E-state index contributed by atoms with van der Waals surface area (Å²) in [7, 11) is 3.66. The molecule has 0 bridgehead atoms. The van der Waals surface area contributed by atoms with Crippen LogP contribution in [0.1, 0.15) is 10.4 Å². The lowest BCUT2D eigenvalue weighted by Gasteiger charge is -2.08. The average molecular weight is 265 g/mol. The Bertz CT molecular complexity index is 787. The maximum atomic E-state index is 11.0. The van der Waals surface area contributed by atoms with Crippen LogP contribution in [0.25, 0.3) is 22.0 Å². The van der Waals surface area contributed by atoms with Gasteiger partial charge in [-0.05, 0) is 24.3 Å². The molecule has 0 aliphatic carbocycles. The Labute approximate surface area is 117 Å². The Morgan fingerprint density at radius 1 is 1.10 bits per heavy atom. The zero-order valence-electron chi connectivity index (χ0n) is 11.5. The van der Waals surface area contributed by atoms with Gasteiger partial charge in [0.2, 0.25) is 0 Å². The van der Waals surface area contributed by atoms with Crippen LogP contribution in [0.3, 0.4) is 0 Å². The van der Waals surface area contributed by atoms with Gasteiger partial charge >= 0.3 is 0 Å². The maximum Gasteiger partial charge on any atom is 0.150 e. The lowest BCUT2D eigenvalue weighted by molar-refractivity contribution is 0.112. The molecule has 3 nitrogen and oxygen atoms in total. The minimum absolute atomic E-state index is 0.647. The minimum Gasteiger partial charge on any atom is -0.496 e. The fourth-order valence-electron chi connectivity index (χ4n) is 2.57. The molecule has 20 heavy (non-hydrogen) atoms. The van der Waals surface area contributed by atoms with Crippen molar-refractivity contribution in [3.05, 3.63) is 54.2 Å². The minimum atomic E-state index is 0.647. The van der Waals surface area contributed by atoms with Crippen LogP contribution < -0.4 is 4.74 Å². The second-order valence-corrected chi connectivity index (χ2v) is 4.75. The van der Waals surface area contributed by atoms with Crippen LogP contribution >= 0.6 is 0 Å². The number of aromatic nitrogens is 1. The van der Waals surface area contributed by atoms with Gasteiger partial charge in [0.1, 0.15) is 12.0 Å². The molecule has 1 heterocycles. The largest absolute Gasteiger partial charge is 0.496 e. The molecule has 3 rings (SSSR count). The standard InChI is InChI=1S/C17H15NO2/c1-18-10-15(13-5-3-4-6-16(13)18)14-9-12(11-19)7-8-17(14)20-2/h3-11H,1-2H3. The second kappa shape index (κ2) is 4.85. The van der Waals surface area contributed by atoms with E-state index in [1.807, 2.05) is 31.3 Å². The molecule has 0 saturated carbocycles. The van der Waals surface area contributed by atoms with Crippen LogP contribution in [0.4, 0.5) is 0 Å². The smallest absolute Gasteiger partial charge is 0.150 e. The monoisotopic (exact) mass is 265 g/mol. The van der Waals surface area contributed by atoms with Crippen molar-refractivity contribution >= 4 is 17.2 Å². The fraction of sp³-hybridized carbons (Fsp3) is 0.118. The van der Waals surface area contributed by atoms with Gasteiger partial charge in [-0.3, -0.25) is 4.79 Å². The molecule has 0 fully saturated rings. The molecule has 0 spiro atoms. The Kier molecular flexibility index (Phi) is 3.03. The van der Waals surface area contributed by atoms with E-state index >= 15 is 0 Å². The molecule has 100 valence electrons. The van der Waals surface area contributed by atoms with E-state index in [9.17, 15) is 4.79 Å². The van der Waals surface area contributed by atoms with E-state index in [0.717, 1.165) is 34.1 Å². The van der Waals surface area contributed by atoms with Crippen LogP contribution in [0, 0.1) is 0 Å². The number of benzene rings is 2. The van der Waals surface area contributed by atoms with Gasteiger partial charge in [-0.2, -0.15) is 0 Å². The number of methoxy groups -OCH3 is 1. The van der Waals surface area contributed by atoms with E-state index in [1.54, 1.807) is 13.2 Å². The number of hydrogen-bond acceptors (Lipinski definition) is 2. The van der Waals surface area contributed by atoms with E-state index in [-0.39, 0.29) is 0 Å². The molecular formula is C17H15NO2. The number of ether oxygens (including phenoxy) is 1. The summed E-state index contributed by atoms with van der Waals surface area (Å²) in [4.78, 5) is 11.0. The van der Waals surface area contributed by atoms with Crippen LogP contribution in [0.15, 0.2) is 48.7 Å². The zero-order valence-corrected chi connectivity index (χ0v) is 11.5. The van der Waals surface area contributed by atoms with Gasteiger partial charge in [0.05, 0.1) is 7.11 Å². The number of fused-ring (bicyclic) bond motifs is 1. The molecule has 2 aromatic carbocycles. The number of aldehydes is 1. The summed E-state index contributed by atoms with van der Waals surface area (Å²) in [6.45, 7) is 0. The number of rotatable bonds is 3. The normalized spacial score (nSPS) is 10.7. The van der Waals surface area contributed by atoms with Crippen molar-refractivity contribution in [1.82, 2.24) is 4.57 Å². The predicted molar refractivity (Wildman–Crippen MR) is 80.3 cm³/mol. The highest BCUT2D eigenvalue weighted by atomic mass is 16.5. The molecule has 0 N–H and O–H groups in total. The molecule has 0 aliphatic heterocycles. The summed E-state index contributed by atoms with van der Waals surface area (Å²) in [6, 6.07) is 13.7. The third kappa shape index (κ3) is 1.88. The molecule has 0 aliphatic rings. The molecular weight excluding hydrogens is 250 g/mol. The van der Waals surface area contributed by atoms with Gasteiger partial charge in [0.15, 0.2) is 0 Å². The molecule has 0 unspecified atom stereocenters. The van der Waals surface area contributed by atoms with Gasteiger partial charge in [-0.1, -0.05) is 18.2 Å². The summed E-state index contributed by atoms with van der Waals surface area (Å²) in [5, 5.41) is 1.15. The molecule has 0 radical (unpaired) electrons. The predicted octanol–water partition coefficient (Wildman–Crippen LogP) is 3.67. The van der Waals surface area contributed by atoms with E-state index in [4.69, 9.17) is 4.74 Å². The van der Waals surface area contributed by atoms with E-state index < -0.39 is 0 Å². The summed E-state index contributed by atoms with van der Waals surface area (Å²) < 4.78 is 7.51. The maximum absolute atomic E-state index is 11.0. The molecule has 0 amide bonds. The SMILES string of the molecule is COc1ccc(C=O)cc1-c1cn(C)c2ccccc12. The van der Waals surface area contributed by atoms with E-state index in [0.29, 0.717) is 5.56 Å². The van der Waals surface area contributed by atoms with Crippen molar-refractivity contribution in [2.45, 2.75) is 0 Å². The van der Waals surface area contributed by atoms with Crippen molar-refractivity contribution in [3.63, 3.8) is 0 Å². The molecule has 3 aromatic rings. The number of para-hydroxylation sites is 1. The first-order chi connectivity index (χ1) is 9.74. The molecule has 0 saturated heterocycles. The molecule has 1 aromatic heterocycles. The van der Waals surface area contributed by atoms with E-state index in [1.165, 1.54) is 0 Å². The second-order valence-electron chi connectivity index (χ2n) is 4.75. The Morgan fingerprint density at radius 2 is 1.90 bits per heavy atom. The van der Waals surface area contributed by atoms with Gasteiger partial charge in [-0.25, -0.2) is 0 Å². The first-order valence-corrected chi connectivity index (χ1v) is 6.42. The summed E-state index contributed by atoms with van der Waals surface area (Å²) in [6.07, 6.45) is 2.92. The number of carbonyl (C=O) groups is 1. The third-order valence-electron chi connectivity index (χ3n) is 3.55.